The Hall–Kier alpha value is -3.92. The minimum atomic E-state index is -0.701. The molecule has 0 bridgehead atoms. The number of nitrogens with one attached hydrogen (secondary N) is 2. The number of H-pyrrole nitrogens is 1. The van der Waals surface area contributed by atoms with Crippen molar-refractivity contribution < 1.29 is 13.5 Å². The molecule has 34 heavy (non-hydrogen) atoms. The zero-order valence-electron chi connectivity index (χ0n) is 18.9. The first-order chi connectivity index (χ1) is 16.4. The Bertz CT molecular complexity index is 1330. The van der Waals surface area contributed by atoms with E-state index < -0.39 is 11.6 Å². The second-order valence-electron chi connectivity index (χ2n) is 8.42. The van der Waals surface area contributed by atoms with E-state index in [4.69, 9.17) is 10.5 Å². The molecule has 2 aromatic heterocycles. The van der Waals surface area contributed by atoms with Gasteiger partial charge in [-0.3, -0.25) is 0 Å². The molecule has 10 heteroatoms. The third-order valence-corrected chi connectivity index (χ3v) is 5.95. The number of hydrogen-bond acceptors (Lipinski definition) is 7. The first kappa shape index (κ1) is 21.9. The fraction of sp³-hybridized carbons (Fsp3) is 0.250. The molecule has 0 radical (unpaired) electrons. The van der Waals surface area contributed by atoms with Gasteiger partial charge in [-0.1, -0.05) is 0 Å². The van der Waals surface area contributed by atoms with Crippen molar-refractivity contribution in [1.29, 1.82) is 0 Å². The molecule has 1 saturated heterocycles. The maximum absolute atomic E-state index is 14.9. The molecule has 0 aliphatic carbocycles. The first-order valence-electron chi connectivity index (χ1n) is 11.0. The summed E-state index contributed by atoms with van der Waals surface area (Å²) in [5, 5.41) is 3.24. The smallest absolute Gasteiger partial charge is 0.248 e. The first-order valence-corrected chi connectivity index (χ1v) is 11.0. The number of aryl methyl sites for hydroxylation is 1. The number of piperazine rings is 1. The molecule has 5 rings (SSSR count). The van der Waals surface area contributed by atoms with Gasteiger partial charge in [0.1, 0.15) is 12.0 Å². The number of ether oxygens (including phenoxy) is 1. The third kappa shape index (κ3) is 4.19. The van der Waals surface area contributed by atoms with E-state index in [0.717, 1.165) is 43.6 Å². The number of anilines is 4. The lowest BCUT2D eigenvalue weighted by atomic mass is 10.2. The number of likely N-dealkylation sites (N-methyl/N-ethyl adjacent to an activating group) is 1. The van der Waals surface area contributed by atoms with Crippen LogP contribution in [0.5, 0.6) is 11.6 Å². The number of nitrogens with two attached hydrogens (primary N) is 1. The number of nitrogens with zero attached hydrogens (tertiary/aromatic N) is 4. The van der Waals surface area contributed by atoms with Gasteiger partial charge in [0, 0.05) is 54.7 Å². The van der Waals surface area contributed by atoms with Crippen molar-refractivity contribution in [2.75, 3.05) is 49.2 Å². The van der Waals surface area contributed by atoms with E-state index in [9.17, 15) is 8.78 Å². The highest BCUT2D eigenvalue weighted by Gasteiger charge is 2.19. The Balaban J connectivity index is 1.35. The van der Waals surface area contributed by atoms with E-state index in [1.165, 1.54) is 12.4 Å². The SMILES string of the molecule is Cc1cc2c(F)c(Oc3ncnc(Nc4ccc(N5CCN(C)CC5)cc4)c3N)cc(F)c2[nH]1. The van der Waals surface area contributed by atoms with Crippen LogP contribution in [0.1, 0.15) is 5.69 Å². The van der Waals surface area contributed by atoms with Gasteiger partial charge in [0.15, 0.2) is 23.2 Å². The normalized spacial score (nSPS) is 14.5. The van der Waals surface area contributed by atoms with Crippen LogP contribution in [0.2, 0.25) is 0 Å². The summed E-state index contributed by atoms with van der Waals surface area (Å²) in [5.41, 5.74) is 8.91. The lowest BCUT2D eigenvalue weighted by molar-refractivity contribution is 0.313. The van der Waals surface area contributed by atoms with Gasteiger partial charge in [0.2, 0.25) is 5.88 Å². The zero-order chi connectivity index (χ0) is 23.8. The van der Waals surface area contributed by atoms with Gasteiger partial charge in [0.05, 0.1) is 5.52 Å². The summed E-state index contributed by atoms with van der Waals surface area (Å²) in [6.45, 7) is 5.74. The van der Waals surface area contributed by atoms with Crippen molar-refractivity contribution in [3.8, 4) is 11.6 Å². The number of halogens is 2. The minimum absolute atomic E-state index is 0.0727. The third-order valence-electron chi connectivity index (χ3n) is 5.95. The van der Waals surface area contributed by atoms with E-state index in [1.807, 2.05) is 24.3 Å². The lowest BCUT2D eigenvalue weighted by Gasteiger charge is -2.34. The molecule has 8 nitrogen and oxygen atoms in total. The number of aromatic amines is 1. The number of hydrogen-bond donors (Lipinski definition) is 3. The molecule has 4 N–H and O–H groups in total. The highest BCUT2D eigenvalue weighted by Crippen LogP contribution is 2.35. The minimum Gasteiger partial charge on any atom is -0.434 e. The molecule has 0 spiro atoms. The van der Waals surface area contributed by atoms with Crippen LogP contribution >= 0.6 is 0 Å². The Morgan fingerprint density at radius 1 is 1.06 bits per heavy atom. The topological polar surface area (TPSA) is 95.3 Å². The number of benzene rings is 2. The van der Waals surface area contributed by atoms with Crippen molar-refractivity contribution in [1.82, 2.24) is 19.9 Å². The summed E-state index contributed by atoms with van der Waals surface area (Å²) in [7, 11) is 2.12. The second kappa shape index (κ2) is 8.79. The predicted octanol–water partition coefficient (Wildman–Crippen LogP) is 4.41. The fourth-order valence-corrected chi connectivity index (χ4v) is 4.03. The van der Waals surface area contributed by atoms with Crippen LogP contribution in [0.25, 0.3) is 10.9 Å². The van der Waals surface area contributed by atoms with Crippen molar-refractivity contribution in [2.45, 2.75) is 6.92 Å². The molecule has 0 unspecified atom stereocenters. The van der Waals surface area contributed by atoms with E-state index >= 15 is 0 Å². The Kier molecular flexibility index (Phi) is 5.66. The van der Waals surface area contributed by atoms with Crippen molar-refractivity contribution in [2.24, 2.45) is 0 Å². The van der Waals surface area contributed by atoms with Crippen LogP contribution in [-0.4, -0.2) is 53.1 Å². The molecular formula is C24H25F2N7O. The van der Waals surface area contributed by atoms with Gasteiger partial charge in [-0.05, 0) is 44.3 Å². The molecule has 0 amide bonds. The van der Waals surface area contributed by atoms with E-state index in [-0.39, 0.29) is 28.2 Å². The van der Waals surface area contributed by atoms with Crippen LogP contribution in [0.3, 0.4) is 0 Å². The van der Waals surface area contributed by atoms with Crippen LogP contribution < -0.4 is 20.7 Å². The standard InChI is InChI=1S/C24H25F2N7O/c1-14-11-17-20(26)19(12-18(25)22(17)30-14)34-24-21(27)23(28-13-29-24)31-15-3-5-16(6-4-15)33-9-7-32(2)8-10-33/h3-6,11-13,30H,7-10,27H2,1-2H3,(H,28,29,31). The zero-order valence-corrected chi connectivity index (χ0v) is 18.9. The second-order valence-corrected chi connectivity index (χ2v) is 8.42. The number of nitrogen functional groups attached to an aromatic ring is 1. The summed E-state index contributed by atoms with van der Waals surface area (Å²) < 4.78 is 34.9. The maximum atomic E-state index is 14.9. The fourth-order valence-electron chi connectivity index (χ4n) is 4.03. The van der Waals surface area contributed by atoms with E-state index in [0.29, 0.717) is 11.5 Å². The molecule has 1 fully saturated rings. The summed E-state index contributed by atoms with van der Waals surface area (Å²) >= 11 is 0. The lowest BCUT2D eigenvalue weighted by Crippen LogP contribution is -2.44. The van der Waals surface area contributed by atoms with Crippen molar-refractivity contribution >= 4 is 33.8 Å². The van der Waals surface area contributed by atoms with Gasteiger partial charge in [-0.15, -0.1) is 0 Å². The summed E-state index contributed by atoms with van der Waals surface area (Å²) in [4.78, 5) is 15.6. The molecule has 1 aliphatic rings. The molecule has 0 atom stereocenters. The summed E-state index contributed by atoms with van der Waals surface area (Å²) in [6.07, 6.45) is 1.25. The molecule has 3 heterocycles. The highest BCUT2D eigenvalue weighted by atomic mass is 19.1. The largest absolute Gasteiger partial charge is 0.434 e. The van der Waals surface area contributed by atoms with Gasteiger partial charge in [-0.25, -0.2) is 13.8 Å². The predicted molar refractivity (Wildman–Crippen MR) is 129 cm³/mol. The van der Waals surface area contributed by atoms with E-state index in [2.05, 4.69) is 37.1 Å². The van der Waals surface area contributed by atoms with Gasteiger partial charge in [-0.2, -0.15) is 4.98 Å². The van der Waals surface area contributed by atoms with Gasteiger partial charge >= 0.3 is 0 Å². The van der Waals surface area contributed by atoms with Crippen LogP contribution in [0.15, 0.2) is 42.7 Å². The molecule has 0 saturated carbocycles. The summed E-state index contributed by atoms with van der Waals surface area (Å²) in [5.74, 6) is -1.41. The Labute approximate surface area is 195 Å². The number of rotatable bonds is 5. The van der Waals surface area contributed by atoms with Crippen LogP contribution in [0.4, 0.5) is 31.7 Å². The molecule has 1 aliphatic heterocycles. The van der Waals surface area contributed by atoms with Gasteiger partial charge in [0.25, 0.3) is 0 Å². The number of fused-ring (bicyclic) bond motifs is 1. The molecule has 2 aromatic carbocycles. The van der Waals surface area contributed by atoms with Crippen LogP contribution in [0, 0.1) is 18.6 Å². The van der Waals surface area contributed by atoms with Crippen molar-refractivity contribution in [3.05, 3.63) is 60.1 Å². The molecule has 176 valence electrons. The van der Waals surface area contributed by atoms with Crippen LogP contribution in [-0.2, 0) is 0 Å². The number of aromatic nitrogens is 3. The monoisotopic (exact) mass is 465 g/mol. The van der Waals surface area contributed by atoms with Crippen molar-refractivity contribution in [3.63, 3.8) is 0 Å². The quantitative estimate of drug-likeness (QED) is 0.402. The summed E-state index contributed by atoms with van der Waals surface area (Å²) in [6, 6.07) is 10.4. The van der Waals surface area contributed by atoms with Gasteiger partial charge < -0.3 is 30.6 Å². The maximum Gasteiger partial charge on any atom is 0.248 e. The average Bonchev–Trinajstić information content (AvgIpc) is 3.23. The Morgan fingerprint density at radius 2 is 1.79 bits per heavy atom. The molecular weight excluding hydrogens is 440 g/mol. The molecule has 4 aromatic rings. The highest BCUT2D eigenvalue weighted by molar-refractivity contribution is 5.83. The van der Waals surface area contributed by atoms with E-state index in [1.54, 1.807) is 6.92 Å². The average molecular weight is 466 g/mol. The Morgan fingerprint density at radius 3 is 2.53 bits per heavy atom.